The maximum atomic E-state index is 14.4. The molecule has 1 aromatic heterocycles. The topological polar surface area (TPSA) is 41.4 Å². The first-order valence-corrected chi connectivity index (χ1v) is 13.0. The molecule has 0 saturated carbocycles. The van der Waals surface area contributed by atoms with Crippen LogP contribution < -0.4 is 0 Å². The van der Waals surface area contributed by atoms with Crippen LogP contribution in [0.4, 0.5) is 8.78 Å². The Labute approximate surface area is 212 Å². The smallest absolute Gasteiger partial charge is 0.257 e. The van der Waals surface area contributed by atoms with Crippen molar-refractivity contribution >= 4 is 16.9 Å². The number of hydrogen-bond acceptors (Lipinski definition) is 3. The zero-order valence-electron chi connectivity index (χ0n) is 21.3. The second-order valence-electron chi connectivity index (χ2n) is 9.76. The van der Waals surface area contributed by atoms with Crippen LogP contribution in [-0.4, -0.2) is 51.4 Å². The molecule has 0 atom stereocenters. The average Bonchev–Trinajstić information content (AvgIpc) is 3.23. The molecule has 0 unspecified atom stereocenters. The first-order valence-electron chi connectivity index (χ1n) is 13.0. The van der Waals surface area contributed by atoms with Gasteiger partial charge in [-0.05, 0) is 62.5 Å². The zero-order valence-corrected chi connectivity index (χ0v) is 21.3. The van der Waals surface area contributed by atoms with E-state index in [-0.39, 0.29) is 12.1 Å². The fourth-order valence-corrected chi connectivity index (χ4v) is 4.71. The van der Waals surface area contributed by atoms with Crippen molar-refractivity contribution in [3.8, 4) is 0 Å². The molecule has 0 N–H and O–H groups in total. The molecule has 3 aromatic rings. The number of allylic oxidation sites excluding steroid dienone is 1. The van der Waals surface area contributed by atoms with Crippen LogP contribution >= 0.6 is 0 Å². The van der Waals surface area contributed by atoms with Crippen LogP contribution in [0, 0.1) is 17.6 Å². The molecule has 2 aromatic carbocycles. The molecular formula is C29H36F2N4O. The summed E-state index contributed by atoms with van der Waals surface area (Å²) in [6.45, 7) is 8.84. The molecule has 1 fully saturated rings. The van der Waals surface area contributed by atoms with Crippen molar-refractivity contribution in [3.63, 3.8) is 0 Å². The van der Waals surface area contributed by atoms with Crippen LogP contribution in [0.25, 0.3) is 11.0 Å². The van der Waals surface area contributed by atoms with Gasteiger partial charge in [0.2, 0.25) is 0 Å². The van der Waals surface area contributed by atoms with Gasteiger partial charge in [-0.15, -0.1) is 0 Å². The number of aromatic nitrogens is 2. The Balaban J connectivity index is 1.55. The quantitative estimate of drug-likeness (QED) is 0.323. The lowest BCUT2D eigenvalue weighted by Gasteiger charge is -2.29. The van der Waals surface area contributed by atoms with Crippen molar-refractivity contribution in [2.24, 2.45) is 5.92 Å². The number of imidazole rings is 1. The molecule has 7 heteroatoms. The predicted octanol–water partition coefficient (Wildman–Crippen LogP) is 6.05. The number of para-hydroxylation sites is 2. The van der Waals surface area contributed by atoms with Gasteiger partial charge in [0.1, 0.15) is 5.82 Å². The monoisotopic (exact) mass is 494 g/mol. The number of amides is 1. The number of fused-ring (bicyclic) bond motifs is 1. The summed E-state index contributed by atoms with van der Waals surface area (Å²) >= 11 is 0. The molecule has 192 valence electrons. The first kappa shape index (κ1) is 26.0. The van der Waals surface area contributed by atoms with E-state index in [9.17, 15) is 13.6 Å². The Kier molecular flexibility index (Phi) is 8.86. The molecule has 1 amide bonds. The zero-order chi connectivity index (χ0) is 25.5. The summed E-state index contributed by atoms with van der Waals surface area (Å²) in [7, 11) is 0. The molecule has 1 aliphatic heterocycles. The summed E-state index contributed by atoms with van der Waals surface area (Å²) in [6, 6.07) is 11.6. The molecule has 2 heterocycles. The number of rotatable bonds is 10. The number of halogens is 2. The van der Waals surface area contributed by atoms with E-state index in [0.717, 1.165) is 61.3 Å². The van der Waals surface area contributed by atoms with Gasteiger partial charge in [0.05, 0.1) is 23.1 Å². The molecule has 0 spiro atoms. The molecule has 4 rings (SSSR count). The molecular weight excluding hydrogens is 458 g/mol. The number of unbranched alkanes of at least 4 members (excludes halogenated alkanes) is 1. The third kappa shape index (κ3) is 6.19. The van der Waals surface area contributed by atoms with Gasteiger partial charge in [-0.1, -0.05) is 50.6 Å². The van der Waals surface area contributed by atoms with Crippen LogP contribution in [0.15, 0.2) is 54.6 Å². The van der Waals surface area contributed by atoms with Crippen LogP contribution in [0.2, 0.25) is 0 Å². The number of likely N-dealkylation sites (tertiary alicyclic amines) is 1. The molecule has 1 saturated heterocycles. The fraction of sp³-hybridized carbons (Fsp3) is 0.448. The summed E-state index contributed by atoms with van der Waals surface area (Å²) in [6.07, 6.45) is 8.49. The summed E-state index contributed by atoms with van der Waals surface area (Å²) in [5.41, 5.74) is 1.60. The maximum Gasteiger partial charge on any atom is 0.257 e. The Bertz CT molecular complexity index is 1200. The SMILES string of the molecule is CCCCN(Cc1nc2ccccc2n1C/C=C\CN1CCC(C)CC1)C(=O)c1cccc(F)c1F. The Morgan fingerprint density at radius 2 is 1.83 bits per heavy atom. The molecule has 36 heavy (non-hydrogen) atoms. The van der Waals surface area contributed by atoms with Gasteiger partial charge in [-0.2, -0.15) is 0 Å². The number of hydrogen-bond donors (Lipinski definition) is 0. The van der Waals surface area contributed by atoms with Gasteiger partial charge in [-0.3, -0.25) is 9.69 Å². The second kappa shape index (κ2) is 12.3. The highest BCUT2D eigenvalue weighted by Gasteiger charge is 2.23. The van der Waals surface area contributed by atoms with Crippen molar-refractivity contribution in [3.05, 3.63) is 77.6 Å². The van der Waals surface area contributed by atoms with Gasteiger partial charge in [0.25, 0.3) is 5.91 Å². The van der Waals surface area contributed by atoms with Crippen molar-refractivity contribution in [1.82, 2.24) is 19.4 Å². The number of nitrogens with zero attached hydrogens (tertiary/aromatic N) is 4. The van der Waals surface area contributed by atoms with E-state index in [0.29, 0.717) is 13.1 Å². The highest BCUT2D eigenvalue weighted by atomic mass is 19.2. The Morgan fingerprint density at radius 1 is 1.08 bits per heavy atom. The predicted molar refractivity (Wildman–Crippen MR) is 140 cm³/mol. The van der Waals surface area contributed by atoms with Gasteiger partial charge >= 0.3 is 0 Å². The number of piperidine rings is 1. The van der Waals surface area contributed by atoms with E-state index >= 15 is 0 Å². The molecule has 0 aliphatic carbocycles. The Hall–Kier alpha value is -3.06. The van der Waals surface area contributed by atoms with Crippen molar-refractivity contribution in [2.45, 2.75) is 52.6 Å². The van der Waals surface area contributed by atoms with Crippen LogP contribution in [0.1, 0.15) is 55.7 Å². The summed E-state index contributed by atoms with van der Waals surface area (Å²) < 4.78 is 30.4. The molecule has 0 radical (unpaired) electrons. The molecule has 5 nitrogen and oxygen atoms in total. The fourth-order valence-electron chi connectivity index (χ4n) is 4.71. The average molecular weight is 495 g/mol. The second-order valence-corrected chi connectivity index (χ2v) is 9.76. The van der Waals surface area contributed by atoms with Gasteiger partial charge in [0.15, 0.2) is 11.6 Å². The van der Waals surface area contributed by atoms with Crippen LogP contribution in [0.5, 0.6) is 0 Å². The van der Waals surface area contributed by atoms with E-state index in [4.69, 9.17) is 4.98 Å². The lowest BCUT2D eigenvalue weighted by molar-refractivity contribution is 0.0729. The van der Waals surface area contributed by atoms with Crippen LogP contribution in [-0.2, 0) is 13.1 Å². The van der Waals surface area contributed by atoms with Gasteiger partial charge < -0.3 is 9.47 Å². The van der Waals surface area contributed by atoms with Gasteiger partial charge in [0, 0.05) is 19.6 Å². The highest BCUT2D eigenvalue weighted by Crippen LogP contribution is 2.21. The lowest BCUT2D eigenvalue weighted by atomic mass is 9.99. The van der Waals surface area contributed by atoms with E-state index < -0.39 is 17.5 Å². The third-order valence-corrected chi connectivity index (χ3v) is 7.01. The lowest BCUT2D eigenvalue weighted by Crippen LogP contribution is -2.33. The first-order chi connectivity index (χ1) is 17.5. The minimum Gasteiger partial charge on any atom is -0.331 e. The summed E-state index contributed by atoms with van der Waals surface area (Å²) in [5, 5.41) is 0. The van der Waals surface area contributed by atoms with E-state index in [1.54, 1.807) is 4.90 Å². The number of carbonyl (C=O) groups excluding carboxylic acids is 1. The van der Waals surface area contributed by atoms with Crippen LogP contribution in [0.3, 0.4) is 0 Å². The molecule has 0 bridgehead atoms. The number of benzene rings is 2. The van der Waals surface area contributed by atoms with Crippen molar-refractivity contribution < 1.29 is 13.6 Å². The van der Waals surface area contributed by atoms with Crippen molar-refractivity contribution in [2.75, 3.05) is 26.2 Å². The largest absolute Gasteiger partial charge is 0.331 e. The highest BCUT2D eigenvalue weighted by molar-refractivity contribution is 5.94. The standard InChI is InChI=1S/C29H36F2N4O/c1-3-4-17-34(29(36)23-10-9-11-24(30)28(23)31)21-27-32-25-12-5-6-13-26(25)35(27)18-8-7-16-33-19-14-22(2)15-20-33/h5-13,22H,3-4,14-21H2,1-2H3/b8-7-. The molecule has 1 aliphatic rings. The maximum absolute atomic E-state index is 14.4. The number of carbonyl (C=O) groups is 1. The third-order valence-electron chi connectivity index (χ3n) is 7.01. The minimum absolute atomic E-state index is 0.224. The summed E-state index contributed by atoms with van der Waals surface area (Å²) in [5.74, 6) is -1.10. The summed E-state index contributed by atoms with van der Waals surface area (Å²) in [4.78, 5) is 22.1. The normalized spacial score (nSPS) is 15.2. The van der Waals surface area contributed by atoms with E-state index in [1.807, 2.05) is 31.2 Å². The Morgan fingerprint density at radius 3 is 2.61 bits per heavy atom. The van der Waals surface area contributed by atoms with Crippen molar-refractivity contribution in [1.29, 1.82) is 0 Å². The van der Waals surface area contributed by atoms with Gasteiger partial charge in [-0.25, -0.2) is 13.8 Å². The van der Waals surface area contributed by atoms with E-state index in [1.165, 1.54) is 25.0 Å². The minimum atomic E-state index is -1.10. The van der Waals surface area contributed by atoms with E-state index in [2.05, 4.69) is 28.5 Å².